The molecule has 4 aromatic rings. The normalized spacial score (nSPS) is 11.3. The van der Waals surface area contributed by atoms with Gasteiger partial charge in [0.1, 0.15) is 34.4 Å². The molecule has 71 heavy (non-hydrogen) atoms. The summed E-state index contributed by atoms with van der Waals surface area (Å²) >= 11 is 6.07. The van der Waals surface area contributed by atoms with Crippen molar-refractivity contribution in [3.63, 3.8) is 0 Å². The van der Waals surface area contributed by atoms with Crippen molar-refractivity contribution in [1.29, 1.82) is 0 Å². The topological polar surface area (TPSA) is 175 Å². The Balaban J connectivity index is 0.000000473. The number of methoxy groups -OCH3 is 1. The van der Waals surface area contributed by atoms with E-state index in [1.54, 1.807) is 82.6 Å². The lowest BCUT2D eigenvalue weighted by atomic mass is 9.95. The Morgan fingerprint density at radius 1 is 0.549 bits per heavy atom. The molecule has 3 aromatic carbocycles. The van der Waals surface area contributed by atoms with E-state index in [0.717, 1.165) is 5.75 Å². The first-order valence-electron chi connectivity index (χ1n) is 23.8. The summed E-state index contributed by atoms with van der Waals surface area (Å²) in [5.41, 5.74) is 0.515. The molecule has 394 valence electrons. The number of halogens is 2. The van der Waals surface area contributed by atoms with Crippen molar-refractivity contribution in [2.24, 2.45) is 22.7 Å². The lowest BCUT2D eigenvalue weighted by molar-refractivity contribution is -0.123. The summed E-state index contributed by atoms with van der Waals surface area (Å²) in [6, 6.07) is 18.6. The van der Waals surface area contributed by atoms with Crippen LogP contribution in [-0.2, 0) is 19.2 Å². The molecule has 0 atom stereocenters. The molecule has 1 aromatic heterocycles. The van der Waals surface area contributed by atoms with Gasteiger partial charge in [-0.3, -0.25) is 19.2 Å². The lowest BCUT2D eigenvalue weighted by Crippen LogP contribution is -2.28. The van der Waals surface area contributed by atoms with Crippen molar-refractivity contribution in [3.05, 3.63) is 83.8 Å². The second kappa shape index (κ2) is 28.7. The van der Waals surface area contributed by atoms with Gasteiger partial charge in [0.2, 0.25) is 23.6 Å². The van der Waals surface area contributed by atoms with E-state index in [9.17, 15) is 23.6 Å². The molecule has 0 spiro atoms. The Kier molecular flexibility index (Phi) is 25.4. The highest BCUT2D eigenvalue weighted by molar-refractivity contribution is 6.33. The van der Waals surface area contributed by atoms with Crippen LogP contribution in [0.2, 0.25) is 5.02 Å². The number of pyridine rings is 1. The lowest BCUT2D eigenvalue weighted by Gasteiger charge is -2.21. The highest BCUT2D eigenvalue weighted by atomic mass is 35.5. The fraction of sp³-hybridized carbons (Fsp3) is 0.509. The zero-order chi connectivity index (χ0) is 54.6. The van der Waals surface area contributed by atoms with Gasteiger partial charge in [0.05, 0.1) is 48.0 Å². The number of amides is 4. The van der Waals surface area contributed by atoms with E-state index in [4.69, 9.17) is 35.3 Å². The molecule has 0 aliphatic rings. The van der Waals surface area contributed by atoms with E-state index < -0.39 is 16.6 Å². The zero-order valence-corrected chi connectivity index (χ0v) is 46.4. The second-order valence-electron chi connectivity index (χ2n) is 20.9. The van der Waals surface area contributed by atoms with Crippen LogP contribution < -0.4 is 45.0 Å². The van der Waals surface area contributed by atoms with E-state index in [1.165, 1.54) is 12.1 Å². The van der Waals surface area contributed by atoms with Gasteiger partial charge >= 0.3 is 0 Å². The molecule has 4 N–H and O–H groups in total. The maximum absolute atomic E-state index is 13.7. The van der Waals surface area contributed by atoms with Gasteiger partial charge < -0.3 is 45.0 Å². The van der Waals surface area contributed by atoms with Crippen LogP contribution in [0.1, 0.15) is 132 Å². The maximum atomic E-state index is 13.7. The Labute approximate surface area is 427 Å². The Morgan fingerprint density at radius 2 is 1.01 bits per heavy atom. The van der Waals surface area contributed by atoms with E-state index >= 15 is 0 Å². The average molecular weight is 1010 g/mol. The fourth-order valence-electron chi connectivity index (χ4n) is 5.04. The first kappa shape index (κ1) is 62.9. The molecular formula is C55H81ClFN5O9. The molecule has 4 rings (SSSR count). The number of hydrogen-bond acceptors (Lipinski definition) is 10. The van der Waals surface area contributed by atoms with Crippen molar-refractivity contribution in [3.8, 4) is 28.7 Å². The number of carbonyl (C=O) groups is 4. The number of nitrogens with zero attached hydrogens (tertiary/aromatic N) is 1. The smallest absolute Gasteiger partial charge is 0.230 e. The molecule has 0 saturated heterocycles. The number of benzene rings is 3. The number of ether oxygens (including phenoxy) is 5. The minimum atomic E-state index is -0.510. The molecule has 4 amide bonds. The summed E-state index contributed by atoms with van der Waals surface area (Å²) in [7, 11) is 1.57. The largest absolute Gasteiger partial charge is 0.494 e. The van der Waals surface area contributed by atoms with Gasteiger partial charge in [-0.25, -0.2) is 9.37 Å². The number of hydrogen-bond donors (Lipinski definition) is 4. The highest BCUT2D eigenvalue weighted by Crippen LogP contribution is 2.31. The number of aromatic nitrogens is 1. The van der Waals surface area contributed by atoms with Gasteiger partial charge in [0.15, 0.2) is 11.6 Å². The van der Waals surface area contributed by atoms with Crippen LogP contribution in [-0.4, -0.2) is 59.6 Å². The van der Waals surface area contributed by atoms with Crippen LogP contribution in [0.4, 0.5) is 27.3 Å². The van der Waals surface area contributed by atoms with Crippen molar-refractivity contribution >= 4 is 58.1 Å². The Hall–Kier alpha value is -6.09. The minimum Gasteiger partial charge on any atom is -0.494 e. The van der Waals surface area contributed by atoms with Crippen LogP contribution >= 0.6 is 11.6 Å². The van der Waals surface area contributed by atoms with Crippen LogP contribution in [0.15, 0.2) is 72.9 Å². The molecule has 0 aliphatic carbocycles. The van der Waals surface area contributed by atoms with Gasteiger partial charge in [-0.1, -0.05) is 80.8 Å². The first-order chi connectivity index (χ1) is 32.6. The summed E-state index contributed by atoms with van der Waals surface area (Å²) in [4.78, 5) is 50.8. The van der Waals surface area contributed by atoms with Crippen LogP contribution in [0.3, 0.4) is 0 Å². The van der Waals surface area contributed by atoms with Crippen molar-refractivity contribution in [2.45, 2.75) is 155 Å². The molecule has 0 radical (unpaired) electrons. The van der Waals surface area contributed by atoms with Crippen molar-refractivity contribution in [1.82, 2.24) is 4.98 Å². The standard InChI is InChI=1S/C14H20FNO2.C14H22N2O2.C14H21NO3.C13H18ClNO2/c1-9(2)18-12-7-6-10(8-11(12)15)16-13(17)14(3,4)5;1-13(2,3)12(17)16-11-8-7-10(9-15-11)18-14(4,5)6;1-9(2)14(16)15-12-7-6-11(18-10(3)4)8-13(12)17-5;1-8(2)13(16)15-12-6-5-10(7-11(12)14)17-9(3)4/h6-9H,1-5H3,(H,16,17);7-9H,1-6H3,(H,15,16,17);6-10H,1-5H3,(H,15,16);5-9H,1-4H3,(H,15,16). The molecule has 14 nitrogen and oxygen atoms in total. The van der Waals surface area contributed by atoms with Gasteiger partial charge in [0.25, 0.3) is 0 Å². The number of nitrogens with one attached hydrogen (secondary N) is 4. The molecule has 0 fully saturated rings. The third-order valence-electron chi connectivity index (χ3n) is 8.74. The number of carbonyl (C=O) groups excluding carboxylic acids is 4. The van der Waals surface area contributed by atoms with E-state index in [2.05, 4.69) is 26.3 Å². The highest BCUT2D eigenvalue weighted by Gasteiger charge is 2.23. The molecule has 0 aliphatic heterocycles. The Bertz CT molecular complexity index is 2320. The zero-order valence-electron chi connectivity index (χ0n) is 45.7. The van der Waals surface area contributed by atoms with Gasteiger partial charge in [-0.05, 0) is 111 Å². The molecule has 0 saturated carbocycles. The van der Waals surface area contributed by atoms with E-state index in [1.807, 2.05) is 117 Å². The summed E-state index contributed by atoms with van der Waals surface area (Å²) < 4.78 is 40.9. The fourth-order valence-corrected chi connectivity index (χ4v) is 5.25. The monoisotopic (exact) mass is 1010 g/mol. The van der Waals surface area contributed by atoms with Crippen molar-refractivity contribution in [2.75, 3.05) is 28.4 Å². The SMILES string of the molecule is CC(C)(C)Oc1ccc(NC(=O)C(C)(C)C)nc1.CC(C)Oc1ccc(NC(=O)C(C)(C)C)cc1F.CC(C)Oc1ccc(NC(=O)C(C)C)c(Cl)c1.COc1cc(OC(C)C)ccc1NC(=O)C(C)C. The van der Waals surface area contributed by atoms with E-state index in [-0.39, 0.29) is 65.1 Å². The quantitative estimate of drug-likeness (QED) is 0.0951. The third kappa shape index (κ3) is 25.6. The predicted molar refractivity (Wildman–Crippen MR) is 286 cm³/mol. The van der Waals surface area contributed by atoms with Crippen LogP contribution in [0, 0.1) is 28.5 Å². The van der Waals surface area contributed by atoms with Crippen LogP contribution in [0.5, 0.6) is 28.7 Å². The van der Waals surface area contributed by atoms with E-state index in [0.29, 0.717) is 45.2 Å². The van der Waals surface area contributed by atoms with Gasteiger partial charge in [0, 0.05) is 46.6 Å². The Morgan fingerprint density at radius 3 is 1.42 bits per heavy atom. The minimum absolute atomic E-state index is 0.0363. The summed E-state index contributed by atoms with van der Waals surface area (Å²) in [5, 5.41) is 11.5. The van der Waals surface area contributed by atoms with Gasteiger partial charge in [-0.15, -0.1) is 0 Å². The van der Waals surface area contributed by atoms with Crippen LogP contribution in [0.25, 0.3) is 0 Å². The average Bonchev–Trinajstić information content (AvgIpc) is 3.23. The molecule has 1 heterocycles. The number of rotatable bonds is 14. The van der Waals surface area contributed by atoms with Gasteiger partial charge in [-0.2, -0.15) is 0 Å². The first-order valence-corrected chi connectivity index (χ1v) is 24.2. The summed E-state index contributed by atoms with van der Waals surface area (Å²) in [6.45, 7) is 35.7. The predicted octanol–water partition coefficient (Wildman–Crippen LogP) is 13.6. The third-order valence-corrected chi connectivity index (χ3v) is 9.05. The molecule has 16 heteroatoms. The molecule has 0 bridgehead atoms. The van der Waals surface area contributed by atoms with Crippen molar-refractivity contribution < 1.29 is 47.3 Å². The summed E-state index contributed by atoms with van der Waals surface area (Å²) in [5.74, 6) is 2.54. The number of anilines is 4. The maximum Gasteiger partial charge on any atom is 0.230 e. The second-order valence-corrected chi connectivity index (χ2v) is 21.3. The molecule has 0 unspecified atom stereocenters. The molecular weight excluding hydrogens is 929 g/mol. The summed E-state index contributed by atoms with van der Waals surface area (Å²) in [6.07, 6.45) is 1.73.